The Bertz CT molecular complexity index is 504. The van der Waals surface area contributed by atoms with Crippen LogP contribution in [0.4, 0.5) is 0 Å². The van der Waals surface area contributed by atoms with E-state index in [1.807, 2.05) is 0 Å². The molecule has 0 spiro atoms. The Morgan fingerprint density at radius 2 is 1.67 bits per heavy atom. The van der Waals surface area contributed by atoms with E-state index in [9.17, 15) is 4.79 Å². The zero-order chi connectivity index (χ0) is 17.1. The van der Waals surface area contributed by atoms with Crippen molar-refractivity contribution in [1.82, 2.24) is 16.0 Å². The number of aliphatic imine (C=N–C) groups is 1. The lowest BCUT2D eigenvalue weighted by Gasteiger charge is -2.13. The maximum absolute atomic E-state index is 12.0. The van der Waals surface area contributed by atoms with Crippen LogP contribution in [0.2, 0.25) is 0 Å². The molecule has 0 aliphatic rings. The summed E-state index contributed by atoms with van der Waals surface area (Å²) in [7, 11) is 3.34. The Kier molecular flexibility index (Phi) is 12.0. The van der Waals surface area contributed by atoms with Crippen molar-refractivity contribution < 1.29 is 9.53 Å². The van der Waals surface area contributed by atoms with Crippen molar-refractivity contribution in [2.45, 2.75) is 20.3 Å². The number of halogens is 1. The summed E-state index contributed by atoms with van der Waals surface area (Å²) >= 11 is 0. The van der Waals surface area contributed by atoms with Gasteiger partial charge in [0.1, 0.15) is 5.75 Å². The Morgan fingerprint density at radius 1 is 1.08 bits per heavy atom. The van der Waals surface area contributed by atoms with E-state index in [0.717, 1.165) is 24.7 Å². The van der Waals surface area contributed by atoms with Crippen molar-refractivity contribution in [3.63, 3.8) is 0 Å². The number of benzene rings is 1. The molecule has 1 amide bonds. The Hall–Kier alpha value is -1.51. The lowest BCUT2D eigenvalue weighted by atomic mass is 10.1. The Labute approximate surface area is 161 Å². The third kappa shape index (κ3) is 8.95. The molecule has 1 aromatic carbocycles. The summed E-state index contributed by atoms with van der Waals surface area (Å²) < 4.78 is 5.07. The van der Waals surface area contributed by atoms with E-state index in [1.165, 1.54) is 0 Å². The molecule has 0 bridgehead atoms. The first kappa shape index (κ1) is 22.5. The van der Waals surface area contributed by atoms with Crippen LogP contribution in [-0.4, -0.2) is 45.7 Å². The number of carbonyl (C=O) groups is 1. The van der Waals surface area contributed by atoms with Gasteiger partial charge in [-0.2, -0.15) is 0 Å². The SMILES string of the molecule is CN=C(NCCNC(=O)c1ccc(OC)cc1)NCCC(C)C.I. The molecule has 0 unspecified atom stereocenters. The van der Waals surface area contributed by atoms with E-state index < -0.39 is 0 Å². The van der Waals surface area contributed by atoms with E-state index >= 15 is 0 Å². The first-order valence-electron chi connectivity index (χ1n) is 7.93. The fourth-order valence-electron chi connectivity index (χ4n) is 1.90. The largest absolute Gasteiger partial charge is 0.497 e. The molecule has 0 fully saturated rings. The first-order chi connectivity index (χ1) is 11.1. The lowest BCUT2D eigenvalue weighted by molar-refractivity contribution is 0.0954. The normalized spacial score (nSPS) is 10.8. The van der Waals surface area contributed by atoms with Gasteiger partial charge in [-0.3, -0.25) is 9.79 Å². The second-order valence-electron chi connectivity index (χ2n) is 5.59. The van der Waals surface area contributed by atoms with Crippen molar-refractivity contribution in [3.05, 3.63) is 29.8 Å². The molecule has 3 N–H and O–H groups in total. The summed E-state index contributed by atoms with van der Waals surface area (Å²) in [5.74, 6) is 2.05. The number of hydrogen-bond donors (Lipinski definition) is 3. The molecule has 0 aromatic heterocycles. The number of carbonyl (C=O) groups excluding carboxylic acids is 1. The number of nitrogens with zero attached hydrogens (tertiary/aromatic N) is 1. The predicted octanol–water partition coefficient (Wildman–Crippen LogP) is 2.25. The molecule has 0 aliphatic heterocycles. The smallest absolute Gasteiger partial charge is 0.251 e. The second-order valence-corrected chi connectivity index (χ2v) is 5.59. The average molecular weight is 448 g/mol. The van der Waals surface area contributed by atoms with Crippen LogP contribution < -0.4 is 20.7 Å². The van der Waals surface area contributed by atoms with Gasteiger partial charge in [0.15, 0.2) is 5.96 Å². The van der Waals surface area contributed by atoms with Crippen LogP contribution in [0, 0.1) is 5.92 Å². The molecule has 0 atom stereocenters. The van der Waals surface area contributed by atoms with Crippen LogP contribution in [0.15, 0.2) is 29.3 Å². The van der Waals surface area contributed by atoms with Gasteiger partial charge in [0.25, 0.3) is 5.91 Å². The molecule has 6 nitrogen and oxygen atoms in total. The van der Waals surface area contributed by atoms with Crippen molar-refractivity contribution in [3.8, 4) is 5.75 Å². The monoisotopic (exact) mass is 448 g/mol. The molecular formula is C17H29IN4O2. The molecule has 0 heterocycles. The van der Waals surface area contributed by atoms with Crippen LogP contribution in [0.1, 0.15) is 30.6 Å². The van der Waals surface area contributed by atoms with E-state index in [1.54, 1.807) is 38.4 Å². The maximum atomic E-state index is 12.0. The third-order valence-electron chi connectivity index (χ3n) is 3.29. The standard InChI is InChI=1S/C17H28N4O2.HI/c1-13(2)9-10-20-17(18-3)21-12-11-19-16(22)14-5-7-15(23-4)8-6-14;/h5-8,13H,9-12H2,1-4H3,(H,19,22)(H2,18,20,21);1H. The highest BCUT2D eigenvalue weighted by Crippen LogP contribution is 2.10. The lowest BCUT2D eigenvalue weighted by Crippen LogP contribution is -2.42. The molecule has 7 heteroatoms. The minimum absolute atomic E-state index is 0. The minimum Gasteiger partial charge on any atom is -0.497 e. The number of rotatable bonds is 8. The van der Waals surface area contributed by atoms with Gasteiger partial charge in [-0.1, -0.05) is 13.8 Å². The van der Waals surface area contributed by atoms with E-state index in [4.69, 9.17) is 4.74 Å². The van der Waals surface area contributed by atoms with Gasteiger partial charge in [0.2, 0.25) is 0 Å². The van der Waals surface area contributed by atoms with Gasteiger partial charge in [-0.05, 0) is 36.6 Å². The summed E-state index contributed by atoms with van der Waals surface area (Å²) in [6, 6.07) is 7.03. The van der Waals surface area contributed by atoms with E-state index in [0.29, 0.717) is 24.6 Å². The van der Waals surface area contributed by atoms with Crippen LogP contribution in [0.5, 0.6) is 5.75 Å². The fraction of sp³-hybridized carbons (Fsp3) is 0.529. The van der Waals surface area contributed by atoms with Gasteiger partial charge >= 0.3 is 0 Å². The average Bonchev–Trinajstić information content (AvgIpc) is 2.56. The molecule has 0 aliphatic carbocycles. The summed E-state index contributed by atoms with van der Waals surface area (Å²) in [4.78, 5) is 16.1. The number of hydrogen-bond acceptors (Lipinski definition) is 3. The minimum atomic E-state index is -0.0998. The highest BCUT2D eigenvalue weighted by molar-refractivity contribution is 14.0. The highest BCUT2D eigenvalue weighted by atomic mass is 127. The Balaban J connectivity index is 0.00000529. The quantitative estimate of drug-likeness (QED) is 0.247. The second kappa shape index (κ2) is 12.9. The zero-order valence-corrected chi connectivity index (χ0v) is 17.2. The number of nitrogens with one attached hydrogen (secondary N) is 3. The van der Waals surface area contributed by atoms with Gasteiger partial charge in [-0.25, -0.2) is 0 Å². The summed E-state index contributed by atoms with van der Waals surface area (Å²) in [6.07, 6.45) is 1.09. The maximum Gasteiger partial charge on any atom is 0.251 e. The van der Waals surface area contributed by atoms with Crippen LogP contribution in [0.25, 0.3) is 0 Å². The predicted molar refractivity (Wildman–Crippen MR) is 110 cm³/mol. The highest BCUT2D eigenvalue weighted by Gasteiger charge is 2.05. The number of amides is 1. The molecule has 24 heavy (non-hydrogen) atoms. The van der Waals surface area contributed by atoms with Gasteiger partial charge in [0.05, 0.1) is 7.11 Å². The summed E-state index contributed by atoms with van der Waals surface area (Å²) in [6.45, 7) is 6.40. The van der Waals surface area contributed by atoms with Crippen LogP contribution in [0.3, 0.4) is 0 Å². The number of methoxy groups -OCH3 is 1. The number of ether oxygens (including phenoxy) is 1. The van der Waals surface area contributed by atoms with E-state index in [2.05, 4.69) is 34.8 Å². The molecule has 0 radical (unpaired) electrons. The van der Waals surface area contributed by atoms with Gasteiger partial charge in [0, 0.05) is 32.2 Å². The van der Waals surface area contributed by atoms with Crippen molar-refractivity contribution in [1.29, 1.82) is 0 Å². The fourth-order valence-corrected chi connectivity index (χ4v) is 1.90. The van der Waals surface area contributed by atoms with Gasteiger partial charge < -0.3 is 20.7 Å². The molecule has 0 saturated heterocycles. The van der Waals surface area contributed by atoms with E-state index in [-0.39, 0.29) is 29.9 Å². The number of guanidine groups is 1. The van der Waals surface area contributed by atoms with Crippen LogP contribution in [-0.2, 0) is 0 Å². The van der Waals surface area contributed by atoms with Crippen molar-refractivity contribution >= 4 is 35.8 Å². The zero-order valence-electron chi connectivity index (χ0n) is 14.9. The van der Waals surface area contributed by atoms with Crippen LogP contribution >= 0.6 is 24.0 Å². The molecule has 136 valence electrons. The topological polar surface area (TPSA) is 74.8 Å². The van der Waals surface area contributed by atoms with Crippen molar-refractivity contribution in [2.24, 2.45) is 10.9 Å². The first-order valence-corrected chi connectivity index (χ1v) is 7.93. The van der Waals surface area contributed by atoms with Gasteiger partial charge in [-0.15, -0.1) is 24.0 Å². The third-order valence-corrected chi connectivity index (χ3v) is 3.29. The van der Waals surface area contributed by atoms with Crippen molar-refractivity contribution in [2.75, 3.05) is 33.8 Å². The summed E-state index contributed by atoms with van der Waals surface area (Å²) in [5, 5.41) is 9.28. The molecule has 0 saturated carbocycles. The summed E-state index contributed by atoms with van der Waals surface area (Å²) in [5.41, 5.74) is 0.616. The molecule has 1 rings (SSSR count). The molecular weight excluding hydrogens is 419 g/mol. The Morgan fingerprint density at radius 3 is 2.21 bits per heavy atom. The molecule has 1 aromatic rings.